The first kappa shape index (κ1) is 17.2. The van der Waals surface area contributed by atoms with Crippen molar-refractivity contribution in [3.63, 3.8) is 0 Å². The Hall–Kier alpha value is -3.22. The molecule has 138 valence electrons. The van der Waals surface area contributed by atoms with Gasteiger partial charge in [-0.05, 0) is 48.1 Å². The summed E-state index contributed by atoms with van der Waals surface area (Å²) in [5.74, 6) is -1.09. The highest BCUT2D eigenvalue weighted by Crippen LogP contribution is 2.41. The third-order valence-electron chi connectivity index (χ3n) is 5.10. The van der Waals surface area contributed by atoms with Crippen LogP contribution < -0.4 is 16.0 Å². The fourth-order valence-electron chi connectivity index (χ4n) is 3.51. The fourth-order valence-corrected chi connectivity index (χ4v) is 3.51. The summed E-state index contributed by atoms with van der Waals surface area (Å²) >= 11 is 0. The van der Waals surface area contributed by atoms with Crippen LogP contribution in [0.2, 0.25) is 0 Å². The van der Waals surface area contributed by atoms with E-state index in [0.29, 0.717) is 16.7 Å². The van der Waals surface area contributed by atoms with E-state index in [1.54, 1.807) is 36.4 Å². The molecule has 4 rings (SSSR count). The van der Waals surface area contributed by atoms with Crippen LogP contribution in [0.25, 0.3) is 11.1 Å². The Morgan fingerprint density at radius 1 is 1.11 bits per heavy atom. The monoisotopic (exact) mass is 367 g/mol. The second-order valence-electron chi connectivity index (χ2n) is 6.89. The maximum atomic E-state index is 13.2. The highest BCUT2D eigenvalue weighted by Gasteiger charge is 2.56. The van der Waals surface area contributed by atoms with Crippen molar-refractivity contribution in [2.24, 2.45) is 5.92 Å². The van der Waals surface area contributed by atoms with Crippen LogP contribution in [0.15, 0.2) is 48.5 Å². The predicted octanol–water partition coefficient (Wildman–Crippen LogP) is 2.21. The van der Waals surface area contributed by atoms with Gasteiger partial charge in [-0.25, -0.2) is 9.18 Å². The van der Waals surface area contributed by atoms with Gasteiger partial charge in [0.15, 0.2) is 0 Å². The third-order valence-corrected chi connectivity index (χ3v) is 5.10. The van der Waals surface area contributed by atoms with Gasteiger partial charge in [0, 0.05) is 5.56 Å². The van der Waals surface area contributed by atoms with Gasteiger partial charge in [0.1, 0.15) is 11.4 Å². The zero-order valence-electron chi connectivity index (χ0n) is 14.4. The first-order chi connectivity index (χ1) is 13.0. The van der Waals surface area contributed by atoms with Crippen LogP contribution >= 0.6 is 0 Å². The summed E-state index contributed by atoms with van der Waals surface area (Å²) < 4.78 is 13.2. The Bertz CT molecular complexity index is 924. The number of urea groups is 1. The van der Waals surface area contributed by atoms with Crippen LogP contribution in [0, 0.1) is 11.7 Å². The Kier molecular flexibility index (Phi) is 4.14. The quantitative estimate of drug-likeness (QED) is 0.708. The van der Waals surface area contributed by atoms with Crippen molar-refractivity contribution in [2.45, 2.75) is 18.4 Å². The van der Waals surface area contributed by atoms with Gasteiger partial charge in [-0.1, -0.05) is 30.3 Å². The lowest BCUT2D eigenvalue weighted by Gasteiger charge is -2.26. The highest BCUT2D eigenvalue weighted by molar-refractivity contribution is 6.08. The normalized spacial score (nSPS) is 21.5. The summed E-state index contributed by atoms with van der Waals surface area (Å²) in [5, 5.41) is 7.73. The zero-order valence-corrected chi connectivity index (χ0v) is 14.4. The second kappa shape index (κ2) is 6.50. The number of carbonyl (C=O) groups excluding carboxylic acids is 3. The maximum Gasteiger partial charge on any atom is 0.322 e. The molecule has 1 aliphatic heterocycles. The van der Waals surface area contributed by atoms with E-state index < -0.39 is 17.5 Å². The van der Waals surface area contributed by atoms with E-state index in [9.17, 15) is 18.8 Å². The molecule has 3 N–H and O–H groups in total. The fraction of sp³-hybridized carbons (Fsp3) is 0.250. The number of nitrogens with one attached hydrogen (secondary N) is 3. The van der Waals surface area contributed by atoms with Gasteiger partial charge in [0.25, 0.3) is 11.8 Å². The van der Waals surface area contributed by atoms with E-state index in [-0.39, 0.29) is 24.2 Å². The molecule has 7 heteroatoms. The molecule has 0 bridgehead atoms. The minimum Gasteiger partial charge on any atom is -0.349 e. The number of benzene rings is 2. The number of hydrogen-bond acceptors (Lipinski definition) is 3. The number of hydrogen-bond donors (Lipinski definition) is 3. The van der Waals surface area contributed by atoms with Crippen molar-refractivity contribution in [3.8, 4) is 11.1 Å². The van der Waals surface area contributed by atoms with Gasteiger partial charge in [-0.15, -0.1) is 0 Å². The number of carbonyl (C=O) groups is 3. The molecular weight excluding hydrogens is 349 g/mol. The molecule has 1 heterocycles. The molecule has 0 spiro atoms. The van der Waals surface area contributed by atoms with Crippen LogP contribution in [-0.2, 0) is 4.79 Å². The average Bonchev–Trinajstić information content (AvgIpc) is 3.47. The Labute approximate surface area is 155 Å². The molecule has 2 aromatic rings. The second-order valence-corrected chi connectivity index (χ2v) is 6.89. The highest BCUT2D eigenvalue weighted by atomic mass is 19.1. The summed E-state index contributed by atoms with van der Waals surface area (Å²) in [4.78, 5) is 36.7. The van der Waals surface area contributed by atoms with Crippen LogP contribution in [0.1, 0.15) is 23.2 Å². The van der Waals surface area contributed by atoms with E-state index in [0.717, 1.165) is 12.8 Å². The van der Waals surface area contributed by atoms with Crippen molar-refractivity contribution >= 4 is 17.8 Å². The zero-order chi connectivity index (χ0) is 19.0. The van der Waals surface area contributed by atoms with E-state index >= 15 is 0 Å². The Morgan fingerprint density at radius 2 is 1.81 bits per heavy atom. The molecule has 6 nitrogen and oxygen atoms in total. The minimum atomic E-state index is -1.09. The van der Waals surface area contributed by atoms with Crippen LogP contribution in [0.5, 0.6) is 0 Å². The summed E-state index contributed by atoms with van der Waals surface area (Å²) in [6.07, 6.45) is 1.66. The van der Waals surface area contributed by atoms with Crippen molar-refractivity contribution in [3.05, 3.63) is 59.9 Å². The van der Waals surface area contributed by atoms with Crippen LogP contribution in [0.4, 0.5) is 9.18 Å². The van der Waals surface area contributed by atoms with Gasteiger partial charge >= 0.3 is 6.03 Å². The molecule has 1 saturated carbocycles. The van der Waals surface area contributed by atoms with Gasteiger partial charge in [0.2, 0.25) is 0 Å². The minimum absolute atomic E-state index is 0.0197. The smallest absolute Gasteiger partial charge is 0.322 e. The molecule has 27 heavy (non-hydrogen) atoms. The SMILES string of the molecule is O=C1NC(=O)[C@](CNC(=O)c2ccccc2-c2ccc(F)cc2)(C2CC2)N1. The number of halogens is 1. The van der Waals surface area contributed by atoms with Gasteiger partial charge in [-0.3, -0.25) is 14.9 Å². The van der Waals surface area contributed by atoms with Crippen molar-refractivity contribution in [2.75, 3.05) is 6.54 Å². The summed E-state index contributed by atoms with van der Waals surface area (Å²) in [5.41, 5.74) is 0.707. The molecule has 2 aliphatic rings. The number of rotatable bonds is 5. The van der Waals surface area contributed by atoms with Gasteiger partial charge < -0.3 is 10.6 Å². The number of imide groups is 1. The van der Waals surface area contributed by atoms with Crippen molar-refractivity contribution in [1.29, 1.82) is 0 Å². The molecule has 4 amide bonds. The summed E-state index contributed by atoms with van der Waals surface area (Å²) in [7, 11) is 0. The molecule has 0 radical (unpaired) electrons. The summed E-state index contributed by atoms with van der Waals surface area (Å²) in [6.45, 7) is 0.0197. The largest absolute Gasteiger partial charge is 0.349 e. The van der Waals surface area contributed by atoms with Crippen LogP contribution in [-0.4, -0.2) is 29.9 Å². The van der Waals surface area contributed by atoms with E-state index in [4.69, 9.17) is 0 Å². The molecule has 2 aromatic carbocycles. The maximum absolute atomic E-state index is 13.2. The molecular formula is C20H18FN3O3. The molecule has 1 atom stereocenters. The van der Waals surface area contributed by atoms with Gasteiger partial charge in [-0.2, -0.15) is 0 Å². The molecule has 0 unspecified atom stereocenters. The lowest BCUT2D eigenvalue weighted by Crippen LogP contribution is -2.57. The molecule has 1 saturated heterocycles. The molecule has 1 aliphatic carbocycles. The lowest BCUT2D eigenvalue weighted by atomic mass is 9.93. The molecule has 2 fully saturated rings. The first-order valence-electron chi connectivity index (χ1n) is 8.76. The van der Waals surface area contributed by atoms with Crippen molar-refractivity contribution in [1.82, 2.24) is 16.0 Å². The third kappa shape index (κ3) is 3.16. The Balaban J connectivity index is 1.56. The van der Waals surface area contributed by atoms with E-state index in [1.807, 2.05) is 0 Å². The van der Waals surface area contributed by atoms with Gasteiger partial charge in [0.05, 0.1) is 6.54 Å². The van der Waals surface area contributed by atoms with Crippen molar-refractivity contribution < 1.29 is 18.8 Å². The molecule has 0 aromatic heterocycles. The average molecular weight is 367 g/mol. The summed E-state index contributed by atoms with van der Waals surface area (Å²) in [6, 6.07) is 12.3. The lowest BCUT2D eigenvalue weighted by molar-refractivity contribution is -0.124. The topological polar surface area (TPSA) is 87.3 Å². The van der Waals surface area contributed by atoms with E-state index in [1.165, 1.54) is 12.1 Å². The predicted molar refractivity (Wildman–Crippen MR) is 96.3 cm³/mol. The number of amides is 4. The standard InChI is InChI=1S/C20H18FN3O3/c21-14-9-5-12(6-10-14)15-3-1-2-4-16(15)17(25)22-11-20(13-7-8-13)18(26)23-19(27)24-20/h1-6,9-10,13H,7-8,11H2,(H,22,25)(H2,23,24,26,27)/t20-/m0/s1. The van der Waals surface area contributed by atoms with E-state index in [2.05, 4.69) is 16.0 Å². The first-order valence-corrected chi connectivity index (χ1v) is 8.76. The Morgan fingerprint density at radius 3 is 2.44 bits per heavy atom. The van der Waals surface area contributed by atoms with Crippen LogP contribution in [0.3, 0.4) is 0 Å².